The number of nitrogens with zero attached hydrogens (tertiary/aromatic N) is 2. The number of imidazole rings is 1. The zero-order valence-electron chi connectivity index (χ0n) is 12.1. The maximum Gasteiger partial charge on any atom is 0.319 e. The molecule has 0 saturated carbocycles. The van der Waals surface area contributed by atoms with Gasteiger partial charge in [0.05, 0.1) is 12.5 Å². The zero-order valence-corrected chi connectivity index (χ0v) is 12.1. The van der Waals surface area contributed by atoms with Crippen molar-refractivity contribution in [2.75, 3.05) is 0 Å². The van der Waals surface area contributed by atoms with E-state index in [0.717, 1.165) is 5.56 Å². The highest BCUT2D eigenvalue weighted by Gasteiger charge is 2.22. The second-order valence-electron chi connectivity index (χ2n) is 4.97. The number of amides is 1. The van der Waals surface area contributed by atoms with Gasteiger partial charge in [-0.3, -0.25) is 9.36 Å². The molecule has 2 atom stereocenters. The van der Waals surface area contributed by atoms with Crippen molar-refractivity contribution in [1.29, 1.82) is 0 Å². The molecule has 1 amide bonds. The van der Waals surface area contributed by atoms with Gasteiger partial charge in [-0.05, 0) is 5.56 Å². The molecule has 0 spiro atoms. The molecule has 118 valence electrons. The molecule has 0 fully saturated rings. The van der Waals surface area contributed by atoms with Crippen LogP contribution in [0, 0.1) is 5.92 Å². The van der Waals surface area contributed by atoms with Crippen LogP contribution < -0.4 is 11.1 Å². The molecule has 2 rings (SSSR count). The van der Waals surface area contributed by atoms with E-state index in [4.69, 9.17) is 5.73 Å². The van der Waals surface area contributed by atoms with Crippen LogP contribution in [0.5, 0.6) is 0 Å². The highest BCUT2D eigenvalue weighted by atomic mass is 19.3. The quantitative estimate of drug-likeness (QED) is 0.859. The lowest BCUT2D eigenvalue weighted by Crippen LogP contribution is -2.35. The number of nitrogens with one attached hydrogen (secondary N) is 1. The number of hydrogen-bond donors (Lipinski definition) is 2. The van der Waals surface area contributed by atoms with Gasteiger partial charge in [0.25, 0.3) is 0 Å². The number of alkyl halides is 2. The highest BCUT2D eigenvalue weighted by Crippen LogP contribution is 2.19. The summed E-state index contributed by atoms with van der Waals surface area (Å²) in [4.78, 5) is 15.9. The van der Waals surface area contributed by atoms with Gasteiger partial charge in [0.1, 0.15) is 5.82 Å². The predicted octanol–water partition coefficient (Wildman–Crippen LogP) is 2.23. The Morgan fingerprint density at radius 2 is 2.05 bits per heavy atom. The van der Waals surface area contributed by atoms with Crippen LogP contribution in [-0.4, -0.2) is 15.5 Å². The smallest absolute Gasteiger partial charge is 0.319 e. The molecule has 0 saturated heterocycles. The first-order valence-electron chi connectivity index (χ1n) is 6.88. The summed E-state index contributed by atoms with van der Waals surface area (Å²) in [6.07, 6.45) is 2.44. The molecule has 0 aliphatic rings. The van der Waals surface area contributed by atoms with Gasteiger partial charge < -0.3 is 11.1 Å². The predicted molar refractivity (Wildman–Crippen MR) is 77.9 cm³/mol. The number of halogens is 2. The van der Waals surface area contributed by atoms with E-state index in [1.807, 2.05) is 30.3 Å². The van der Waals surface area contributed by atoms with Gasteiger partial charge in [0.15, 0.2) is 0 Å². The van der Waals surface area contributed by atoms with Crippen LogP contribution in [-0.2, 0) is 11.3 Å². The summed E-state index contributed by atoms with van der Waals surface area (Å²) >= 11 is 0. The molecule has 2 unspecified atom stereocenters. The molecule has 1 aromatic heterocycles. The Balaban J connectivity index is 1.96. The Hall–Kier alpha value is -2.28. The van der Waals surface area contributed by atoms with E-state index in [1.165, 1.54) is 12.4 Å². The fourth-order valence-corrected chi connectivity index (χ4v) is 2.11. The normalized spacial score (nSPS) is 13.9. The van der Waals surface area contributed by atoms with Crippen molar-refractivity contribution < 1.29 is 13.6 Å². The monoisotopic (exact) mass is 308 g/mol. The molecule has 0 bridgehead atoms. The van der Waals surface area contributed by atoms with Gasteiger partial charge in [-0.15, -0.1) is 0 Å². The third-order valence-corrected chi connectivity index (χ3v) is 3.52. The van der Waals surface area contributed by atoms with E-state index in [1.54, 1.807) is 6.92 Å². The van der Waals surface area contributed by atoms with Crippen molar-refractivity contribution in [3.05, 3.63) is 54.1 Å². The van der Waals surface area contributed by atoms with E-state index in [-0.39, 0.29) is 18.3 Å². The maximum atomic E-state index is 12.7. The number of hydrogen-bond acceptors (Lipinski definition) is 3. The Kier molecular flexibility index (Phi) is 5.21. The van der Waals surface area contributed by atoms with Crippen LogP contribution in [0.1, 0.15) is 30.9 Å². The minimum Gasteiger partial charge on any atom is -0.349 e. The van der Waals surface area contributed by atoms with Gasteiger partial charge in [-0.2, -0.15) is 8.78 Å². The molecule has 7 heteroatoms. The lowest BCUT2D eigenvalue weighted by Gasteiger charge is -2.19. The summed E-state index contributed by atoms with van der Waals surface area (Å²) in [7, 11) is 0. The standard InChI is InChI=1S/C15H18F2N4O/c1-10(13(18)11-5-3-2-4-6-11)14(22)20-9-12-19-7-8-21(12)15(16)17/h2-8,10,13,15H,9,18H2,1H3,(H,20,22). The molecule has 1 aromatic carbocycles. The fourth-order valence-electron chi connectivity index (χ4n) is 2.11. The summed E-state index contributed by atoms with van der Waals surface area (Å²) in [6, 6.07) is 8.79. The van der Waals surface area contributed by atoms with Gasteiger partial charge in [0.2, 0.25) is 5.91 Å². The highest BCUT2D eigenvalue weighted by molar-refractivity contribution is 5.79. The number of rotatable bonds is 6. The van der Waals surface area contributed by atoms with Gasteiger partial charge in [-0.1, -0.05) is 37.3 Å². The van der Waals surface area contributed by atoms with E-state index in [9.17, 15) is 13.6 Å². The molecule has 5 nitrogen and oxygen atoms in total. The number of aromatic nitrogens is 2. The van der Waals surface area contributed by atoms with Crippen molar-refractivity contribution in [2.24, 2.45) is 11.7 Å². The van der Waals surface area contributed by atoms with Crippen LogP contribution in [0.3, 0.4) is 0 Å². The van der Waals surface area contributed by atoms with E-state index < -0.39 is 18.5 Å². The SMILES string of the molecule is CC(C(=O)NCc1nccn1C(F)F)C(N)c1ccccc1. The van der Waals surface area contributed by atoms with Crippen molar-refractivity contribution in [3.63, 3.8) is 0 Å². The van der Waals surface area contributed by atoms with Crippen LogP contribution in [0.15, 0.2) is 42.7 Å². The largest absolute Gasteiger partial charge is 0.349 e. The topological polar surface area (TPSA) is 72.9 Å². The number of nitrogens with two attached hydrogens (primary N) is 1. The molecule has 2 aromatic rings. The lowest BCUT2D eigenvalue weighted by molar-refractivity contribution is -0.125. The average molecular weight is 308 g/mol. The van der Waals surface area contributed by atoms with Gasteiger partial charge in [-0.25, -0.2) is 4.98 Å². The van der Waals surface area contributed by atoms with Crippen molar-refractivity contribution >= 4 is 5.91 Å². The third-order valence-electron chi connectivity index (χ3n) is 3.52. The Bertz CT molecular complexity index is 615. The van der Waals surface area contributed by atoms with Crippen molar-refractivity contribution in [2.45, 2.75) is 26.1 Å². The van der Waals surface area contributed by atoms with Crippen molar-refractivity contribution in [3.8, 4) is 0 Å². The molecule has 22 heavy (non-hydrogen) atoms. The third kappa shape index (κ3) is 3.67. The molecule has 3 N–H and O–H groups in total. The van der Waals surface area contributed by atoms with Gasteiger partial charge in [0, 0.05) is 18.4 Å². The van der Waals surface area contributed by atoms with Crippen LogP contribution in [0.2, 0.25) is 0 Å². The first-order chi connectivity index (χ1) is 10.5. The molecule has 1 heterocycles. The Labute approximate surface area is 127 Å². The van der Waals surface area contributed by atoms with Crippen LogP contribution in [0.4, 0.5) is 8.78 Å². The summed E-state index contributed by atoms with van der Waals surface area (Å²) < 4.78 is 26.1. The van der Waals surface area contributed by atoms with E-state index in [0.29, 0.717) is 4.57 Å². The van der Waals surface area contributed by atoms with Crippen LogP contribution in [0.25, 0.3) is 0 Å². The second kappa shape index (κ2) is 7.13. The molecule has 0 radical (unpaired) electrons. The first kappa shape index (κ1) is 16.1. The van der Waals surface area contributed by atoms with E-state index in [2.05, 4.69) is 10.3 Å². The summed E-state index contributed by atoms with van der Waals surface area (Å²) in [5, 5.41) is 2.60. The maximum absolute atomic E-state index is 12.7. The number of benzene rings is 1. The number of carbonyl (C=O) groups is 1. The summed E-state index contributed by atoms with van der Waals surface area (Å²) in [5.41, 5.74) is 6.91. The van der Waals surface area contributed by atoms with E-state index >= 15 is 0 Å². The average Bonchev–Trinajstić information content (AvgIpc) is 3.00. The minimum absolute atomic E-state index is 0.0674. The lowest BCUT2D eigenvalue weighted by atomic mass is 9.95. The van der Waals surface area contributed by atoms with Crippen molar-refractivity contribution in [1.82, 2.24) is 14.9 Å². The molecule has 0 aliphatic heterocycles. The minimum atomic E-state index is -2.68. The number of carbonyl (C=O) groups excluding carboxylic acids is 1. The molecule has 0 aliphatic carbocycles. The Morgan fingerprint density at radius 1 is 1.36 bits per heavy atom. The second-order valence-corrected chi connectivity index (χ2v) is 4.97. The van der Waals surface area contributed by atoms with Crippen LogP contribution >= 0.6 is 0 Å². The fraction of sp³-hybridized carbons (Fsp3) is 0.333. The summed E-state index contributed by atoms with van der Waals surface area (Å²) in [5.74, 6) is -0.693. The molecular formula is C15H18F2N4O. The summed E-state index contributed by atoms with van der Waals surface area (Å²) in [6.45, 7) is -1.05. The first-order valence-corrected chi connectivity index (χ1v) is 6.88. The Morgan fingerprint density at radius 3 is 2.68 bits per heavy atom. The van der Waals surface area contributed by atoms with Gasteiger partial charge >= 0.3 is 6.55 Å². The zero-order chi connectivity index (χ0) is 16.1. The molecular weight excluding hydrogens is 290 g/mol.